The number of benzene rings is 1. The van der Waals surface area contributed by atoms with E-state index in [1.165, 1.54) is 12.1 Å². The number of rotatable bonds is 2. The molecule has 0 saturated heterocycles. The molecule has 0 heterocycles. The molecule has 16 heavy (non-hydrogen) atoms. The smallest absolute Gasteiger partial charge is 0.335 e. The Hall–Kier alpha value is -1.88. The zero-order chi connectivity index (χ0) is 11.9. The first-order chi connectivity index (χ1) is 7.42. The molecule has 1 aliphatic rings. The van der Waals surface area contributed by atoms with Gasteiger partial charge in [0.25, 0.3) is 0 Å². The number of hydrogen-bond acceptors (Lipinski definition) is 3. The lowest BCUT2D eigenvalue weighted by Gasteiger charge is -2.16. The summed E-state index contributed by atoms with van der Waals surface area (Å²) in [5.74, 6) is -2.08. The summed E-state index contributed by atoms with van der Waals surface area (Å²) in [5.41, 5.74) is 6.13. The Morgan fingerprint density at radius 3 is 2.38 bits per heavy atom. The molecule has 5 heteroatoms. The number of aliphatic carboxylic acids is 1. The molecule has 0 aliphatic heterocycles. The van der Waals surface area contributed by atoms with Gasteiger partial charge in [-0.15, -0.1) is 0 Å². The molecular formula is C11H11NO4. The Morgan fingerprint density at radius 1 is 1.19 bits per heavy atom. The van der Waals surface area contributed by atoms with Crippen molar-refractivity contribution in [2.45, 2.75) is 18.4 Å². The lowest BCUT2D eigenvalue weighted by Crippen LogP contribution is -2.48. The van der Waals surface area contributed by atoms with Crippen LogP contribution in [0, 0.1) is 0 Å². The molecule has 2 rings (SSSR count). The van der Waals surface area contributed by atoms with E-state index < -0.39 is 17.5 Å². The van der Waals surface area contributed by atoms with Crippen LogP contribution in [0.15, 0.2) is 18.2 Å². The van der Waals surface area contributed by atoms with Crippen molar-refractivity contribution in [2.24, 2.45) is 5.73 Å². The third-order valence-electron chi connectivity index (χ3n) is 2.89. The van der Waals surface area contributed by atoms with Crippen molar-refractivity contribution in [3.63, 3.8) is 0 Å². The average molecular weight is 221 g/mol. The second-order valence-corrected chi connectivity index (χ2v) is 4.10. The normalized spacial score (nSPS) is 22.8. The van der Waals surface area contributed by atoms with Crippen LogP contribution in [0.5, 0.6) is 0 Å². The highest BCUT2D eigenvalue weighted by molar-refractivity contribution is 5.88. The molecule has 1 aliphatic carbocycles. The molecule has 0 fully saturated rings. The summed E-state index contributed by atoms with van der Waals surface area (Å²) in [6.45, 7) is 0. The van der Waals surface area contributed by atoms with E-state index in [4.69, 9.17) is 15.9 Å². The van der Waals surface area contributed by atoms with Crippen LogP contribution in [0.4, 0.5) is 0 Å². The van der Waals surface area contributed by atoms with E-state index in [-0.39, 0.29) is 18.4 Å². The molecule has 1 atom stereocenters. The Morgan fingerprint density at radius 2 is 1.81 bits per heavy atom. The predicted octanol–water partition coefficient (Wildman–Crippen LogP) is 0.265. The van der Waals surface area contributed by atoms with Gasteiger partial charge in [0.05, 0.1) is 5.56 Å². The van der Waals surface area contributed by atoms with Crippen molar-refractivity contribution in [2.75, 3.05) is 0 Å². The van der Waals surface area contributed by atoms with Crippen molar-refractivity contribution < 1.29 is 19.8 Å². The van der Waals surface area contributed by atoms with Crippen molar-refractivity contribution in [3.8, 4) is 0 Å². The quantitative estimate of drug-likeness (QED) is 0.665. The summed E-state index contributed by atoms with van der Waals surface area (Å²) in [6.07, 6.45) is 0.427. The van der Waals surface area contributed by atoms with E-state index >= 15 is 0 Å². The Labute approximate surface area is 91.5 Å². The summed E-state index contributed by atoms with van der Waals surface area (Å²) in [7, 11) is 0. The number of aromatic carboxylic acids is 1. The van der Waals surface area contributed by atoms with Crippen LogP contribution >= 0.6 is 0 Å². The van der Waals surface area contributed by atoms with Crippen LogP contribution in [0.2, 0.25) is 0 Å². The lowest BCUT2D eigenvalue weighted by molar-refractivity contribution is -0.142. The van der Waals surface area contributed by atoms with Crippen molar-refractivity contribution in [1.82, 2.24) is 0 Å². The molecule has 1 unspecified atom stereocenters. The minimum atomic E-state index is -1.29. The van der Waals surface area contributed by atoms with Crippen molar-refractivity contribution >= 4 is 11.9 Å². The van der Waals surface area contributed by atoms with Gasteiger partial charge in [-0.25, -0.2) is 4.79 Å². The largest absolute Gasteiger partial charge is 0.480 e. The molecule has 0 bridgehead atoms. The molecule has 0 aromatic heterocycles. The minimum Gasteiger partial charge on any atom is -0.480 e. The molecule has 0 radical (unpaired) electrons. The second kappa shape index (κ2) is 3.31. The van der Waals surface area contributed by atoms with E-state index in [1.54, 1.807) is 6.07 Å². The maximum absolute atomic E-state index is 11.0. The highest BCUT2D eigenvalue weighted by atomic mass is 16.4. The second-order valence-electron chi connectivity index (χ2n) is 4.10. The van der Waals surface area contributed by atoms with Gasteiger partial charge in [0.15, 0.2) is 0 Å². The third-order valence-corrected chi connectivity index (χ3v) is 2.89. The van der Waals surface area contributed by atoms with Crippen LogP contribution in [0.3, 0.4) is 0 Å². The van der Waals surface area contributed by atoms with Crippen molar-refractivity contribution in [3.05, 3.63) is 34.9 Å². The molecule has 0 spiro atoms. The van der Waals surface area contributed by atoms with E-state index in [0.29, 0.717) is 5.56 Å². The van der Waals surface area contributed by atoms with Gasteiger partial charge in [-0.05, 0) is 23.3 Å². The first-order valence-corrected chi connectivity index (χ1v) is 4.80. The van der Waals surface area contributed by atoms with E-state index in [2.05, 4.69) is 0 Å². The fourth-order valence-electron chi connectivity index (χ4n) is 1.99. The predicted molar refractivity (Wildman–Crippen MR) is 55.4 cm³/mol. The number of fused-ring (bicyclic) bond motifs is 1. The molecule has 84 valence electrons. The van der Waals surface area contributed by atoms with Gasteiger partial charge in [0.1, 0.15) is 5.54 Å². The van der Waals surface area contributed by atoms with Crippen LogP contribution in [0.1, 0.15) is 21.5 Å². The van der Waals surface area contributed by atoms with Gasteiger partial charge < -0.3 is 15.9 Å². The number of nitrogens with two attached hydrogens (primary N) is 1. The summed E-state index contributed by atoms with van der Waals surface area (Å²) >= 11 is 0. The van der Waals surface area contributed by atoms with Crippen LogP contribution < -0.4 is 5.73 Å². The zero-order valence-corrected chi connectivity index (χ0v) is 8.43. The first kappa shape index (κ1) is 10.6. The number of carboxylic acids is 2. The summed E-state index contributed by atoms with van der Waals surface area (Å²) in [5, 5.41) is 17.8. The molecule has 1 aromatic carbocycles. The molecule has 1 aromatic rings. The van der Waals surface area contributed by atoms with Crippen molar-refractivity contribution in [1.29, 1.82) is 0 Å². The van der Waals surface area contributed by atoms with E-state index in [1.807, 2.05) is 0 Å². The lowest BCUT2D eigenvalue weighted by atomic mass is 9.98. The van der Waals surface area contributed by atoms with Crippen LogP contribution in [-0.2, 0) is 17.6 Å². The number of hydrogen-bond donors (Lipinski definition) is 3. The SMILES string of the molecule is NC1(C(=O)O)Cc2ccc(C(=O)O)cc2C1. The van der Waals surface area contributed by atoms with Gasteiger partial charge in [-0.1, -0.05) is 6.07 Å². The van der Waals surface area contributed by atoms with Gasteiger partial charge >= 0.3 is 11.9 Å². The molecule has 0 amide bonds. The van der Waals surface area contributed by atoms with E-state index in [0.717, 1.165) is 5.56 Å². The Bertz CT molecular complexity index is 483. The van der Waals surface area contributed by atoms with Crippen LogP contribution in [0.25, 0.3) is 0 Å². The zero-order valence-electron chi connectivity index (χ0n) is 8.43. The van der Waals surface area contributed by atoms with Gasteiger partial charge in [-0.3, -0.25) is 4.79 Å². The topological polar surface area (TPSA) is 101 Å². The summed E-state index contributed by atoms with van der Waals surface area (Å²) in [4.78, 5) is 21.7. The maximum atomic E-state index is 11.0. The molecule has 4 N–H and O–H groups in total. The van der Waals surface area contributed by atoms with Gasteiger partial charge in [0, 0.05) is 12.8 Å². The fourth-order valence-corrected chi connectivity index (χ4v) is 1.99. The number of carbonyl (C=O) groups is 2. The molecule has 5 nitrogen and oxygen atoms in total. The standard InChI is InChI=1S/C11H11NO4/c12-11(10(15)16)4-7-2-1-6(9(13)14)3-8(7)5-11/h1-3H,4-5,12H2,(H,13,14)(H,15,16). The van der Waals surface area contributed by atoms with Gasteiger partial charge in [0.2, 0.25) is 0 Å². The highest BCUT2D eigenvalue weighted by Gasteiger charge is 2.40. The minimum absolute atomic E-state index is 0.161. The highest BCUT2D eigenvalue weighted by Crippen LogP contribution is 2.29. The monoisotopic (exact) mass is 221 g/mol. The molecular weight excluding hydrogens is 210 g/mol. The fraction of sp³-hybridized carbons (Fsp3) is 0.273. The molecule has 0 saturated carbocycles. The number of carboxylic acid groups (broad SMARTS) is 2. The maximum Gasteiger partial charge on any atom is 0.335 e. The Kier molecular flexibility index (Phi) is 2.20. The average Bonchev–Trinajstić information content (AvgIpc) is 2.54. The first-order valence-electron chi connectivity index (χ1n) is 4.80. The Balaban J connectivity index is 2.38. The van der Waals surface area contributed by atoms with Gasteiger partial charge in [-0.2, -0.15) is 0 Å². The van der Waals surface area contributed by atoms with Crippen LogP contribution in [-0.4, -0.2) is 27.7 Å². The summed E-state index contributed by atoms with van der Waals surface area (Å²) in [6, 6.07) is 4.60. The van der Waals surface area contributed by atoms with E-state index in [9.17, 15) is 9.59 Å². The third kappa shape index (κ3) is 1.55. The summed E-state index contributed by atoms with van der Waals surface area (Å²) < 4.78 is 0.